The maximum Gasteiger partial charge on any atom is 0.263 e. The molecule has 128 valence electrons. The number of hydrogen-bond acceptors (Lipinski definition) is 3. The molecule has 25 heavy (non-hydrogen) atoms. The SMILES string of the molecule is COc1ccc2cc(CN(C)C(=O)c3cc4c(s3)CCC4)ccc2c1. The van der Waals surface area contributed by atoms with Crippen molar-refractivity contribution in [3.8, 4) is 5.75 Å². The summed E-state index contributed by atoms with van der Waals surface area (Å²) in [6.07, 6.45) is 3.48. The molecule has 3 nitrogen and oxygen atoms in total. The zero-order valence-electron chi connectivity index (χ0n) is 14.5. The summed E-state index contributed by atoms with van der Waals surface area (Å²) < 4.78 is 5.27. The molecule has 0 radical (unpaired) electrons. The molecule has 0 spiro atoms. The van der Waals surface area contributed by atoms with Gasteiger partial charge >= 0.3 is 0 Å². The van der Waals surface area contributed by atoms with E-state index >= 15 is 0 Å². The maximum atomic E-state index is 12.7. The molecule has 1 aromatic heterocycles. The van der Waals surface area contributed by atoms with Crippen molar-refractivity contribution in [2.45, 2.75) is 25.8 Å². The topological polar surface area (TPSA) is 29.5 Å². The van der Waals surface area contributed by atoms with Crippen molar-refractivity contribution in [3.63, 3.8) is 0 Å². The Hall–Kier alpha value is -2.33. The number of ether oxygens (including phenoxy) is 1. The van der Waals surface area contributed by atoms with Gasteiger partial charge in [0.2, 0.25) is 0 Å². The van der Waals surface area contributed by atoms with Crippen LogP contribution in [0.3, 0.4) is 0 Å². The molecule has 0 aliphatic heterocycles. The highest BCUT2D eigenvalue weighted by molar-refractivity contribution is 7.14. The van der Waals surface area contributed by atoms with Gasteiger partial charge in [0.1, 0.15) is 5.75 Å². The fraction of sp³-hybridized carbons (Fsp3) is 0.286. The monoisotopic (exact) mass is 351 g/mol. The molecule has 0 saturated carbocycles. The zero-order chi connectivity index (χ0) is 17.4. The van der Waals surface area contributed by atoms with Crippen molar-refractivity contribution in [2.24, 2.45) is 0 Å². The Kier molecular flexibility index (Phi) is 4.22. The van der Waals surface area contributed by atoms with Crippen LogP contribution >= 0.6 is 11.3 Å². The molecule has 3 aromatic rings. The van der Waals surface area contributed by atoms with E-state index in [4.69, 9.17) is 4.74 Å². The van der Waals surface area contributed by atoms with Gasteiger partial charge < -0.3 is 9.64 Å². The first-order chi connectivity index (χ1) is 12.1. The van der Waals surface area contributed by atoms with E-state index in [0.717, 1.165) is 39.8 Å². The number of methoxy groups -OCH3 is 1. The van der Waals surface area contributed by atoms with Crippen LogP contribution in [0.2, 0.25) is 0 Å². The molecule has 0 atom stereocenters. The summed E-state index contributed by atoms with van der Waals surface area (Å²) in [6.45, 7) is 0.614. The minimum Gasteiger partial charge on any atom is -0.497 e. The van der Waals surface area contributed by atoms with Gasteiger partial charge in [0, 0.05) is 18.5 Å². The Balaban J connectivity index is 1.52. The molecule has 0 fully saturated rings. The van der Waals surface area contributed by atoms with E-state index in [1.54, 1.807) is 18.4 Å². The second-order valence-electron chi connectivity index (χ2n) is 6.62. The molecule has 0 N–H and O–H groups in total. The molecule has 1 aliphatic carbocycles. The number of aryl methyl sites for hydroxylation is 2. The molecule has 2 aromatic carbocycles. The Morgan fingerprint density at radius 3 is 2.72 bits per heavy atom. The highest BCUT2D eigenvalue weighted by Gasteiger charge is 2.20. The first-order valence-electron chi connectivity index (χ1n) is 8.58. The van der Waals surface area contributed by atoms with E-state index in [2.05, 4.69) is 30.3 Å². The van der Waals surface area contributed by atoms with Crippen molar-refractivity contribution >= 4 is 28.0 Å². The minimum atomic E-state index is 0.120. The lowest BCUT2D eigenvalue weighted by Gasteiger charge is -2.17. The summed E-state index contributed by atoms with van der Waals surface area (Å²) >= 11 is 1.67. The van der Waals surface area contributed by atoms with Gasteiger partial charge in [-0.3, -0.25) is 4.79 Å². The molecule has 1 amide bonds. The summed E-state index contributed by atoms with van der Waals surface area (Å²) in [7, 11) is 3.56. The maximum absolute atomic E-state index is 12.7. The molecule has 1 aliphatic rings. The number of nitrogens with zero attached hydrogens (tertiary/aromatic N) is 1. The second-order valence-corrected chi connectivity index (χ2v) is 7.76. The van der Waals surface area contributed by atoms with Gasteiger partial charge in [-0.05, 0) is 65.4 Å². The quantitative estimate of drug-likeness (QED) is 0.683. The van der Waals surface area contributed by atoms with Crippen LogP contribution in [-0.4, -0.2) is 25.0 Å². The summed E-state index contributed by atoms with van der Waals surface area (Å²) in [4.78, 5) is 16.8. The van der Waals surface area contributed by atoms with Gasteiger partial charge in [-0.15, -0.1) is 11.3 Å². The van der Waals surface area contributed by atoms with Gasteiger partial charge in [-0.25, -0.2) is 0 Å². The van der Waals surface area contributed by atoms with E-state index in [1.807, 2.05) is 24.1 Å². The highest BCUT2D eigenvalue weighted by Crippen LogP contribution is 2.31. The van der Waals surface area contributed by atoms with Crippen molar-refractivity contribution in [2.75, 3.05) is 14.2 Å². The standard InChI is InChI=1S/C21H21NO2S/c1-22(21(23)20-12-17-4-3-5-19(17)25-20)13-14-6-7-16-11-18(24-2)9-8-15(16)10-14/h6-12H,3-5,13H2,1-2H3. The lowest BCUT2D eigenvalue weighted by molar-refractivity contribution is 0.0790. The van der Waals surface area contributed by atoms with Crippen LogP contribution in [0.1, 0.15) is 32.1 Å². The molecule has 0 saturated heterocycles. The average molecular weight is 351 g/mol. The third-order valence-corrected chi connectivity index (χ3v) is 6.06. The van der Waals surface area contributed by atoms with Gasteiger partial charge in [0.05, 0.1) is 12.0 Å². The minimum absolute atomic E-state index is 0.120. The number of benzene rings is 2. The Bertz CT molecular complexity index is 923. The van der Waals surface area contributed by atoms with Crippen LogP contribution in [-0.2, 0) is 19.4 Å². The van der Waals surface area contributed by atoms with Crippen molar-refractivity contribution in [3.05, 3.63) is 63.3 Å². The smallest absolute Gasteiger partial charge is 0.263 e. The number of carbonyl (C=O) groups excluding carboxylic acids is 1. The Labute approximate surface area is 151 Å². The van der Waals surface area contributed by atoms with Gasteiger partial charge in [0.15, 0.2) is 0 Å². The number of thiophene rings is 1. The van der Waals surface area contributed by atoms with Crippen LogP contribution in [0.5, 0.6) is 5.75 Å². The first-order valence-corrected chi connectivity index (χ1v) is 9.39. The van der Waals surface area contributed by atoms with Crippen LogP contribution in [0.4, 0.5) is 0 Å². The number of fused-ring (bicyclic) bond motifs is 2. The summed E-state index contributed by atoms with van der Waals surface area (Å²) in [6, 6.07) is 14.5. The van der Waals surface area contributed by atoms with E-state index in [0.29, 0.717) is 6.54 Å². The third-order valence-electron chi connectivity index (χ3n) is 4.84. The zero-order valence-corrected chi connectivity index (χ0v) is 15.4. The fourth-order valence-electron chi connectivity index (χ4n) is 3.47. The van der Waals surface area contributed by atoms with Crippen LogP contribution < -0.4 is 4.74 Å². The van der Waals surface area contributed by atoms with E-state index in [-0.39, 0.29) is 5.91 Å². The van der Waals surface area contributed by atoms with Crippen LogP contribution in [0.25, 0.3) is 10.8 Å². The Morgan fingerprint density at radius 1 is 1.12 bits per heavy atom. The number of carbonyl (C=O) groups is 1. The average Bonchev–Trinajstić information content (AvgIpc) is 3.22. The number of amides is 1. The number of rotatable bonds is 4. The van der Waals surface area contributed by atoms with Crippen molar-refractivity contribution in [1.82, 2.24) is 4.90 Å². The largest absolute Gasteiger partial charge is 0.497 e. The summed E-state index contributed by atoms with van der Waals surface area (Å²) in [5, 5.41) is 2.31. The fourth-order valence-corrected chi connectivity index (χ4v) is 4.72. The summed E-state index contributed by atoms with van der Waals surface area (Å²) in [5.74, 6) is 0.979. The van der Waals surface area contributed by atoms with Gasteiger partial charge in [-0.2, -0.15) is 0 Å². The van der Waals surface area contributed by atoms with Crippen LogP contribution in [0, 0.1) is 0 Å². The van der Waals surface area contributed by atoms with Crippen molar-refractivity contribution < 1.29 is 9.53 Å². The number of hydrogen-bond donors (Lipinski definition) is 0. The summed E-state index contributed by atoms with van der Waals surface area (Å²) in [5.41, 5.74) is 2.51. The molecule has 0 bridgehead atoms. The molecular formula is C21H21NO2S. The molecular weight excluding hydrogens is 330 g/mol. The molecule has 4 heteroatoms. The molecule has 0 unspecified atom stereocenters. The predicted octanol–water partition coefficient (Wildman–Crippen LogP) is 4.67. The molecule has 4 rings (SSSR count). The normalized spacial score (nSPS) is 13.0. The van der Waals surface area contributed by atoms with E-state index in [1.165, 1.54) is 16.9 Å². The highest BCUT2D eigenvalue weighted by atomic mass is 32.1. The van der Waals surface area contributed by atoms with Gasteiger partial charge in [-0.1, -0.05) is 18.2 Å². The van der Waals surface area contributed by atoms with E-state index < -0.39 is 0 Å². The predicted molar refractivity (Wildman–Crippen MR) is 103 cm³/mol. The first kappa shape index (κ1) is 16.2. The van der Waals surface area contributed by atoms with Gasteiger partial charge in [0.25, 0.3) is 5.91 Å². The molecule has 1 heterocycles. The lowest BCUT2D eigenvalue weighted by Crippen LogP contribution is -2.25. The van der Waals surface area contributed by atoms with Crippen LogP contribution in [0.15, 0.2) is 42.5 Å². The second kappa shape index (κ2) is 6.52. The third kappa shape index (κ3) is 3.14. The van der Waals surface area contributed by atoms with E-state index in [9.17, 15) is 4.79 Å². The Morgan fingerprint density at radius 2 is 1.92 bits per heavy atom. The lowest BCUT2D eigenvalue weighted by atomic mass is 10.1. The van der Waals surface area contributed by atoms with Crippen molar-refractivity contribution in [1.29, 1.82) is 0 Å².